The van der Waals surface area contributed by atoms with Crippen molar-refractivity contribution in [1.82, 2.24) is 5.32 Å². The molecule has 1 heterocycles. The first-order valence-electron chi connectivity index (χ1n) is 6.80. The van der Waals surface area contributed by atoms with Gasteiger partial charge in [-0.2, -0.15) is 0 Å². The van der Waals surface area contributed by atoms with Crippen molar-refractivity contribution in [3.05, 3.63) is 23.8 Å². The van der Waals surface area contributed by atoms with E-state index in [1.54, 1.807) is 7.11 Å². The van der Waals surface area contributed by atoms with Gasteiger partial charge >= 0.3 is 6.09 Å². The average Bonchev–Trinajstić information content (AvgIpc) is 2.36. The number of nitrogens with one attached hydrogen (secondary N) is 2. The minimum atomic E-state index is -0.486. The molecule has 0 bridgehead atoms. The molecular weight excluding hydrogens is 256 g/mol. The second kappa shape index (κ2) is 5.61. The van der Waals surface area contributed by atoms with E-state index in [-0.39, 0.29) is 12.1 Å². The van der Waals surface area contributed by atoms with Crippen molar-refractivity contribution < 1.29 is 14.3 Å². The first-order chi connectivity index (χ1) is 9.39. The summed E-state index contributed by atoms with van der Waals surface area (Å²) >= 11 is 0. The zero-order chi connectivity index (χ0) is 14.8. The maximum absolute atomic E-state index is 11.9. The van der Waals surface area contributed by atoms with Crippen LogP contribution in [0, 0.1) is 0 Å². The van der Waals surface area contributed by atoms with E-state index in [0.717, 1.165) is 30.0 Å². The SMILES string of the molecule is COc1ccc2c(c1)NCCC2NC(=O)OC(C)(C)C. The van der Waals surface area contributed by atoms with Crippen LogP contribution in [0.25, 0.3) is 0 Å². The number of amides is 1. The molecule has 1 atom stereocenters. The Kier molecular flexibility index (Phi) is 4.06. The van der Waals surface area contributed by atoms with Gasteiger partial charge in [-0.05, 0) is 38.8 Å². The molecule has 0 fully saturated rings. The lowest BCUT2D eigenvalue weighted by Gasteiger charge is -2.29. The third kappa shape index (κ3) is 3.56. The van der Waals surface area contributed by atoms with Crippen molar-refractivity contribution in [1.29, 1.82) is 0 Å². The normalized spacial score (nSPS) is 17.7. The van der Waals surface area contributed by atoms with E-state index in [0.29, 0.717) is 0 Å². The average molecular weight is 278 g/mol. The van der Waals surface area contributed by atoms with Gasteiger partial charge in [0, 0.05) is 18.3 Å². The van der Waals surface area contributed by atoms with Gasteiger partial charge in [0.15, 0.2) is 0 Å². The molecule has 0 aromatic heterocycles. The third-order valence-electron chi connectivity index (χ3n) is 3.08. The number of hydrogen-bond donors (Lipinski definition) is 2. The van der Waals surface area contributed by atoms with Crippen LogP contribution in [0.2, 0.25) is 0 Å². The first kappa shape index (κ1) is 14.5. The molecule has 5 nitrogen and oxygen atoms in total. The minimum Gasteiger partial charge on any atom is -0.497 e. The van der Waals surface area contributed by atoms with Crippen LogP contribution >= 0.6 is 0 Å². The maximum atomic E-state index is 11.9. The molecule has 1 aromatic carbocycles. The highest BCUT2D eigenvalue weighted by Gasteiger charge is 2.24. The maximum Gasteiger partial charge on any atom is 0.408 e. The number of carbonyl (C=O) groups is 1. The number of anilines is 1. The van der Waals surface area contributed by atoms with Crippen molar-refractivity contribution in [2.75, 3.05) is 19.0 Å². The van der Waals surface area contributed by atoms with Gasteiger partial charge in [0.1, 0.15) is 11.4 Å². The second-order valence-electron chi connectivity index (χ2n) is 5.87. The molecule has 0 spiro atoms. The van der Waals surface area contributed by atoms with Gasteiger partial charge < -0.3 is 20.1 Å². The van der Waals surface area contributed by atoms with E-state index < -0.39 is 5.60 Å². The number of fused-ring (bicyclic) bond motifs is 1. The summed E-state index contributed by atoms with van der Waals surface area (Å²) < 4.78 is 10.5. The number of rotatable bonds is 2. The largest absolute Gasteiger partial charge is 0.497 e. The Balaban J connectivity index is 2.10. The Labute approximate surface area is 119 Å². The monoisotopic (exact) mass is 278 g/mol. The fourth-order valence-electron chi connectivity index (χ4n) is 2.23. The molecule has 1 unspecified atom stereocenters. The molecule has 0 radical (unpaired) electrons. The van der Waals surface area contributed by atoms with Crippen LogP contribution in [0.15, 0.2) is 18.2 Å². The second-order valence-corrected chi connectivity index (χ2v) is 5.87. The third-order valence-corrected chi connectivity index (χ3v) is 3.08. The molecule has 1 amide bonds. The number of carbonyl (C=O) groups excluding carboxylic acids is 1. The molecule has 20 heavy (non-hydrogen) atoms. The summed E-state index contributed by atoms with van der Waals surface area (Å²) in [6, 6.07) is 5.78. The Hall–Kier alpha value is -1.91. The molecule has 0 saturated carbocycles. The number of methoxy groups -OCH3 is 1. The lowest BCUT2D eigenvalue weighted by atomic mass is 9.98. The summed E-state index contributed by atoms with van der Waals surface area (Å²) in [4.78, 5) is 11.9. The summed E-state index contributed by atoms with van der Waals surface area (Å²) in [6.07, 6.45) is 0.449. The molecule has 2 N–H and O–H groups in total. The van der Waals surface area contributed by atoms with Crippen molar-refractivity contribution in [3.8, 4) is 5.75 Å². The number of benzene rings is 1. The Bertz CT molecular complexity index is 494. The predicted octanol–water partition coefficient (Wildman–Crippen LogP) is 3.08. The predicted molar refractivity (Wildman–Crippen MR) is 78.2 cm³/mol. The van der Waals surface area contributed by atoms with Crippen LogP contribution in [-0.2, 0) is 4.74 Å². The fraction of sp³-hybridized carbons (Fsp3) is 0.533. The fourth-order valence-corrected chi connectivity index (χ4v) is 2.23. The van der Waals surface area contributed by atoms with E-state index in [1.807, 2.05) is 39.0 Å². The van der Waals surface area contributed by atoms with E-state index in [2.05, 4.69) is 10.6 Å². The molecule has 1 aliphatic heterocycles. The highest BCUT2D eigenvalue weighted by molar-refractivity contribution is 5.70. The van der Waals surface area contributed by atoms with Gasteiger partial charge in [0.25, 0.3) is 0 Å². The van der Waals surface area contributed by atoms with Crippen molar-refractivity contribution in [2.45, 2.75) is 38.8 Å². The van der Waals surface area contributed by atoms with Gasteiger partial charge in [-0.3, -0.25) is 0 Å². The molecule has 0 aliphatic carbocycles. The summed E-state index contributed by atoms with van der Waals surface area (Å²) in [5, 5.41) is 6.24. The summed E-state index contributed by atoms with van der Waals surface area (Å²) in [5.41, 5.74) is 1.57. The first-order valence-corrected chi connectivity index (χ1v) is 6.80. The Morgan fingerprint density at radius 3 is 2.80 bits per heavy atom. The van der Waals surface area contributed by atoms with E-state index in [9.17, 15) is 4.79 Å². The van der Waals surface area contributed by atoms with E-state index >= 15 is 0 Å². The molecule has 2 rings (SSSR count). The van der Waals surface area contributed by atoms with Crippen molar-refractivity contribution in [2.24, 2.45) is 0 Å². The standard InChI is InChI=1S/C15H22N2O3/c1-15(2,3)20-14(18)17-12-7-8-16-13-9-10(19-4)5-6-11(12)13/h5-6,9,12,16H,7-8H2,1-4H3,(H,17,18). The van der Waals surface area contributed by atoms with Crippen LogP contribution in [0.5, 0.6) is 5.75 Å². The summed E-state index contributed by atoms with van der Waals surface area (Å²) in [5.74, 6) is 0.800. The van der Waals surface area contributed by atoms with Crippen LogP contribution in [0.3, 0.4) is 0 Å². The van der Waals surface area contributed by atoms with Crippen LogP contribution in [0.1, 0.15) is 38.8 Å². The molecule has 1 aromatic rings. The van der Waals surface area contributed by atoms with Crippen molar-refractivity contribution >= 4 is 11.8 Å². The van der Waals surface area contributed by atoms with Crippen LogP contribution in [0.4, 0.5) is 10.5 Å². The van der Waals surface area contributed by atoms with E-state index in [1.165, 1.54) is 0 Å². The van der Waals surface area contributed by atoms with Crippen molar-refractivity contribution in [3.63, 3.8) is 0 Å². The zero-order valence-electron chi connectivity index (χ0n) is 12.4. The lowest BCUT2D eigenvalue weighted by molar-refractivity contribution is 0.0501. The minimum absolute atomic E-state index is 0.0352. The van der Waals surface area contributed by atoms with Gasteiger partial charge in [-0.15, -0.1) is 0 Å². The van der Waals surface area contributed by atoms with E-state index in [4.69, 9.17) is 9.47 Å². The number of alkyl carbamates (subject to hydrolysis) is 1. The highest BCUT2D eigenvalue weighted by atomic mass is 16.6. The Morgan fingerprint density at radius 2 is 2.15 bits per heavy atom. The van der Waals surface area contributed by atoms with Crippen LogP contribution in [-0.4, -0.2) is 25.3 Å². The quantitative estimate of drug-likeness (QED) is 0.873. The number of ether oxygens (including phenoxy) is 2. The zero-order valence-corrected chi connectivity index (χ0v) is 12.4. The van der Waals surface area contributed by atoms with Gasteiger partial charge in [0.05, 0.1) is 13.2 Å². The molecule has 5 heteroatoms. The molecule has 110 valence electrons. The van der Waals surface area contributed by atoms with Gasteiger partial charge in [-0.1, -0.05) is 6.07 Å². The summed E-state index contributed by atoms with van der Waals surface area (Å²) in [7, 11) is 1.64. The highest BCUT2D eigenvalue weighted by Crippen LogP contribution is 2.32. The molecule has 1 aliphatic rings. The topological polar surface area (TPSA) is 59.6 Å². The molecule has 0 saturated heterocycles. The molecular formula is C15H22N2O3. The number of hydrogen-bond acceptors (Lipinski definition) is 4. The van der Waals surface area contributed by atoms with Gasteiger partial charge in [-0.25, -0.2) is 4.79 Å². The summed E-state index contributed by atoms with van der Waals surface area (Å²) in [6.45, 7) is 6.37. The smallest absolute Gasteiger partial charge is 0.408 e. The Morgan fingerprint density at radius 1 is 1.40 bits per heavy atom. The van der Waals surface area contributed by atoms with Gasteiger partial charge in [0.2, 0.25) is 0 Å². The van der Waals surface area contributed by atoms with Crippen LogP contribution < -0.4 is 15.4 Å². The lowest BCUT2D eigenvalue weighted by Crippen LogP contribution is -2.37.